The van der Waals surface area contributed by atoms with Gasteiger partial charge >= 0.3 is 0 Å². The minimum absolute atomic E-state index is 0.0173. The zero-order valence-corrected chi connectivity index (χ0v) is 15.0. The molecule has 6 heteroatoms. The van der Waals surface area contributed by atoms with Gasteiger partial charge in [0.2, 0.25) is 0 Å². The first kappa shape index (κ1) is 17.8. The van der Waals surface area contributed by atoms with E-state index >= 15 is 0 Å². The predicted molar refractivity (Wildman–Crippen MR) is 93.4 cm³/mol. The van der Waals surface area contributed by atoms with Crippen molar-refractivity contribution >= 4 is 5.91 Å². The number of piperidine rings is 1. The Bertz CT molecular complexity index is 710. The fourth-order valence-electron chi connectivity index (χ4n) is 3.46. The lowest BCUT2D eigenvalue weighted by atomic mass is 9.95. The second kappa shape index (κ2) is 7.06. The summed E-state index contributed by atoms with van der Waals surface area (Å²) in [5.74, 6) is 1.58. The summed E-state index contributed by atoms with van der Waals surface area (Å²) in [5.41, 5.74) is 0.441. The quantitative estimate of drug-likeness (QED) is 0.870. The first-order valence-electron chi connectivity index (χ1n) is 8.71. The Hall–Kier alpha value is -2.05. The van der Waals surface area contributed by atoms with Crippen LogP contribution in [0, 0.1) is 13.8 Å². The molecular formula is C19H26N2O4. The summed E-state index contributed by atoms with van der Waals surface area (Å²) >= 11 is 0. The van der Waals surface area contributed by atoms with E-state index in [1.165, 1.54) is 12.5 Å². The number of furan rings is 2. The maximum absolute atomic E-state index is 12.3. The lowest BCUT2D eigenvalue weighted by molar-refractivity contribution is 0.0469. The van der Waals surface area contributed by atoms with E-state index in [0.717, 1.165) is 29.9 Å². The lowest BCUT2D eigenvalue weighted by Crippen LogP contribution is -2.48. The molecule has 2 aromatic rings. The van der Waals surface area contributed by atoms with Crippen LogP contribution in [0.2, 0.25) is 0 Å². The summed E-state index contributed by atoms with van der Waals surface area (Å²) < 4.78 is 10.5. The summed E-state index contributed by atoms with van der Waals surface area (Å²) in [6.07, 6.45) is 4.73. The van der Waals surface area contributed by atoms with Gasteiger partial charge in [-0.05, 0) is 45.7 Å². The SMILES string of the molecule is Cc1cc(C(C)(O)CNC2CCN(C(=O)c3ccoc3)CC2)c(C)o1. The Kier molecular flexibility index (Phi) is 5.01. The molecule has 1 aliphatic heterocycles. The first-order valence-corrected chi connectivity index (χ1v) is 8.71. The van der Waals surface area contributed by atoms with Crippen molar-refractivity contribution in [3.05, 3.63) is 47.3 Å². The van der Waals surface area contributed by atoms with E-state index in [4.69, 9.17) is 8.83 Å². The van der Waals surface area contributed by atoms with Gasteiger partial charge < -0.3 is 24.2 Å². The fraction of sp³-hybridized carbons (Fsp3) is 0.526. The van der Waals surface area contributed by atoms with Crippen LogP contribution in [0.15, 0.2) is 33.5 Å². The van der Waals surface area contributed by atoms with Gasteiger partial charge in [0.05, 0.1) is 11.8 Å². The van der Waals surface area contributed by atoms with Crippen molar-refractivity contribution in [1.29, 1.82) is 0 Å². The standard InChI is InChI=1S/C19H26N2O4/c1-13-10-17(14(2)25-13)19(3,23)12-20-16-4-7-21(8-5-16)18(22)15-6-9-24-11-15/h6,9-11,16,20,23H,4-5,7-8,12H2,1-3H3. The second-order valence-electron chi connectivity index (χ2n) is 7.06. The molecule has 0 bridgehead atoms. The van der Waals surface area contributed by atoms with Crippen molar-refractivity contribution in [2.75, 3.05) is 19.6 Å². The lowest BCUT2D eigenvalue weighted by Gasteiger charge is -2.34. The van der Waals surface area contributed by atoms with Gasteiger partial charge in [0, 0.05) is 31.2 Å². The number of carbonyl (C=O) groups is 1. The normalized spacial score (nSPS) is 18.3. The summed E-state index contributed by atoms with van der Waals surface area (Å²) in [6.45, 7) is 7.41. The highest BCUT2D eigenvalue weighted by Gasteiger charge is 2.30. The van der Waals surface area contributed by atoms with E-state index < -0.39 is 5.60 Å². The molecule has 1 amide bonds. The van der Waals surface area contributed by atoms with E-state index in [-0.39, 0.29) is 11.9 Å². The van der Waals surface area contributed by atoms with E-state index in [9.17, 15) is 9.90 Å². The molecule has 1 fully saturated rings. The molecular weight excluding hydrogens is 320 g/mol. The number of likely N-dealkylation sites (tertiary alicyclic amines) is 1. The van der Waals surface area contributed by atoms with Gasteiger partial charge in [-0.1, -0.05) is 0 Å². The molecule has 0 aliphatic carbocycles. The number of amides is 1. The molecule has 1 aliphatic rings. The molecule has 25 heavy (non-hydrogen) atoms. The molecule has 136 valence electrons. The van der Waals surface area contributed by atoms with Crippen LogP contribution in [0.5, 0.6) is 0 Å². The van der Waals surface area contributed by atoms with Crippen LogP contribution in [0.1, 0.15) is 47.2 Å². The van der Waals surface area contributed by atoms with Crippen LogP contribution in [0.3, 0.4) is 0 Å². The molecule has 2 N–H and O–H groups in total. The van der Waals surface area contributed by atoms with Crippen LogP contribution in [0.4, 0.5) is 0 Å². The maximum atomic E-state index is 12.3. The summed E-state index contributed by atoms with van der Waals surface area (Å²) in [7, 11) is 0. The average Bonchev–Trinajstić information content (AvgIpc) is 3.23. The van der Waals surface area contributed by atoms with Crippen LogP contribution < -0.4 is 5.32 Å². The molecule has 1 atom stereocenters. The molecule has 1 unspecified atom stereocenters. The van der Waals surface area contributed by atoms with Crippen molar-refractivity contribution in [3.8, 4) is 0 Å². The molecule has 6 nitrogen and oxygen atoms in total. The van der Waals surface area contributed by atoms with Crippen LogP contribution >= 0.6 is 0 Å². The largest absolute Gasteiger partial charge is 0.472 e. The molecule has 0 aromatic carbocycles. The summed E-state index contributed by atoms with van der Waals surface area (Å²) in [5, 5.41) is 14.2. The van der Waals surface area contributed by atoms with Gasteiger partial charge in [0.25, 0.3) is 5.91 Å². The monoisotopic (exact) mass is 346 g/mol. The van der Waals surface area contributed by atoms with Crippen LogP contribution in [0.25, 0.3) is 0 Å². The minimum Gasteiger partial charge on any atom is -0.472 e. The zero-order chi connectivity index (χ0) is 18.0. The number of hydrogen-bond acceptors (Lipinski definition) is 5. The van der Waals surface area contributed by atoms with Gasteiger partial charge in [0.1, 0.15) is 23.4 Å². The third-order valence-electron chi connectivity index (χ3n) is 4.91. The second-order valence-corrected chi connectivity index (χ2v) is 7.06. The number of hydrogen-bond donors (Lipinski definition) is 2. The van der Waals surface area contributed by atoms with Gasteiger partial charge in [-0.25, -0.2) is 0 Å². The third-order valence-corrected chi connectivity index (χ3v) is 4.91. The molecule has 2 aromatic heterocycles. The van der Waals surface area contributed by atoms with Gasteiger partial charge in [-0.15, -0.1) is 0 Å². The highest BCUT2D eigenvalue weighted by molar-refractivity contribution is 5.93. The van der Waals surface area contributed by atoms with Crippen molar-refractivity contribution in [2.24, 2.45) is 0 Å². The highest BCUT2D eigenvalue weighted by atomic mass is 16.3. The Labute approximate surface area is 147 Å². The Morgan fingerprint density at radius 2 is 2.12 bits per heavy atom. The Morgan fingerprint density at radius 3 is 2.68 bits per heavy atom. The van der Waals surface area contributed by atoms with Gasteiger partial charge in [-0.2, -0.15) is 0 Å². The van der Waals surface area contributed by atoms with E-state index in [1.54, 1.807) is 13.0 Å². The average molecular weight is 346 g/mol. The Morgan fingerprint density at radius 1 is 1.40 bits per heavy atom. The van der Waals surface area contributed by atoms with Gasteiger partial charge in [0.15, 0.2) is 0 Å². The molecule has 3 heterocycles. The van der Waals surface area contributed by atoms with Crippen molar-refractivity contribution in [3.63, 3.8) is 0 Å². The van der Waals surface area contributed by atoms with Crippen molar-refractivity contribution in [1.82, 2.24) is 10.2 Å². The number of carbonyl (C=O) groups excluding carboxylic acids is 1. The van der Waals surface area contributed by atoms with Crippen LogP contribution in [-0.2, 0) is 5.60 Å². The van der Waals surface area contributed by atoms with E-state index in [1.807, 2.05) is 24.8 Å². The summed E-state index contributed by atoms with van der Waals surface area (Å²) in [4.78, 5) is 14.2. The minimum atomic E-state index is -0.981. The molecule has 0 spiro atoms. The van der Waals surface area contributed by atoms with Crippen molar-refractivity contribution < 1.29 is 18.7 Å². The number of aliphatic hydroxyl groups is 1. The maximum Gasteiger partial charge on any atom is 0.257 e. The molecule has 0 saturated carbocycles. The van der Waals surface area contributed by atoms with Crippen LogP contribution in [-0.4, -0.2) is 41.6 Å². The third kappa shape index (κ3) is 3.96. The van der Waals surface area contributed by atoms with E-state index in [0.29, 0.717) is 25.2 Å². The number of aryl methyl sites for hydroxylation is 2. The predicted octanol–water partition coefficient (Wildman–Crippen LogP) is 2.59. The zero-order valence-electron chi connectivity index (χ0n) is 15.0. The Balaban J connectivity index is 1.51. The smallest absolute Gasteiger partial charge is 0.257 e. The first-order chi connectivity index (χ1) is 11.9. The topological polar surface area (TPSA) is 78.9 Å². The molecule has 1 saturated heterocycles. The number of nitrogens with zero attached hydrogens (tertiary/aromatic N) is 1. The van der Waals surface area contributed by atoms with E-state index in [2.05, 4.69) is 5.32 Å². The number of rotatable bonds is 5. The molecule has 0 radical (unpaired) electrons. The fourth-order valence-corrected chi connectivity index (χ4v) is 3.46. The molecule has 3 rings (SSSR count). The summed E-state index contributed by atoms with van der Waals surface area (Å²) in [6, 6.07) is 3.87. The van der Waals surface area contributed by atoms with Crippen molar-refractivity contribution in [2.45, 2.75) is 45.3 Å². The highest BCUT2D eigenvalue weighted by Crippen LogP contribution is 2.27. The number of nitrogens with one attached hydrogen (secondary N) is 1. The van der Waals surface area contributed by atoms with Gasteiger partial charge in [-0.3, -0.25) is 4.79 Å².